The fourth-order valence-electron chi connectivity index (χ4n) is 2.54. The summed E-state index contributed by atoms with van der Waals surface area (Å²) in [4.78, 5) is 16.4. The van der Waals surface area contributed by atoms with Gasteiger partial charge in [0, 0.05) is 30.0 Å². The van der Waals surface area contributed by atoms with Crippen molar-refractivity contribution in [3.63, 3.8) is 0 Å². The van der Waals surface area contributed by atoms with E-state index in [2.05, 4.69) is 15.6 Å². The summed E-state index contributed by atoms with van der Waals surface area (Å²) in [6.45, 7) is 1.07. The summed E-state index contributed by atoms with van der Waals surface area (Å²) < 4.78 is 12.9. The van der Waals surface area contributed by atoms with Gasteiger partial charge in [0.15, 0.2) is 0 Å². The van der Waals surface area contributed by atoms with E-state index in [1.165, 1.54) is 12.1 Å². The van der Waals surface area contributed by atoms with Crippen molar-refractivity contribution >= 4 is 23.2 Å². The molecule has 3 rings (SSSR count). The number of hydrogen-bond donors (Lipinski definition) is 2. The Morgan fingerprint density at radius 1 is 1.00 bits per heavy atom. The second-order valence-electron chi connectivity index (χ2n) is 6.04. The van der Waals surface area contributed by atoms with Gasteiger partial charge in [-0.05, 0) is 53.9 Å². The molecule has 0 aliphatic heterocycles. The molecule has 0 aliphatic carbocycles. The third-order valence-electron chi connectivity index (χ3n) is 4.01. The van der Waals surface area contributed by atoms with Crippen molar-refractivity contribution in [1.29, 1.82) is 0 Å². The molecule has 0 unspecified atom stereocenters. The Labute approximate surface area is 162 Å². The van der Waals surface area contributed by atoms with Crippen molar-refractivity contribution in [3.05, 3.63) is 94.5 Å². The van der Waals surface area contributed by atoms with E-state index in [4.69, 9.17) is 11.6 Å². The van der Waals surface area contributed by atoms with E-state index < -0.39 is 0 Å². The van der Waals surface area contributed by atoms with Crippen LogP contribution in [0.15, 0.2) is 66.9 Å². The van der Waals surface area contributed by atoms with Gasteiger partial charge < -0.3 is 10.6 Å². The van der Waals surface area contributed by atoms with Gasteiger partial charge in [-0.1, -0.05) is 35.9 Å². The number of hydrogen-bond acceptors (Lipinski definition) is 3. The van der Waals surface area contributed by atoms with Crippen molar-refractivity contribution < 1.29 is 9.18 Å². The molecule has 4 nitrogen and oxygen atoms in total. The molecule has 0 aliphatic rings. The summed E-state index contributed by atoms with van der Waals surface area (Å²) in [6, 6.07) is 17.2. The lowest BCUT2D eigenvalue weighted by Gasteiger charge is -2.09. The zero-order chi connectivity index (χ0) is 19.1. The average Bonchev–Trinajstić information content (AvgIpc) is 2.69. The maximum Gasteiger partial charge on any atom is 0.270 e. The van der Waals surface area contributed by atoms with Gasteiger partial charge in [-0.3, -0.25) is 9.78 Å². The highest BCUT2D eigenvalue weighted by Gasteiger charge is 2.08. The molecule has 0 atom stereocenters. The monoisotopic (exact) mass is 383 g/mol. The number of benzene rings is 2. The Morgan fingerprint density at radius 2 is 1.70 bits per heavy atom. The van der Waals surface area contributed by atoms with Crippen LogP contribution in [0.5, 0.6) is 0 Å². The van der Waals surface area contributed by atoms with Crippen LogP contribution in [0.3, 0.4) is 0 Å². The number of pyridine rings is 1. The highest BCUT2D eigenvalue weighted by Crippen LogP contribution is 2.11. The number of rotatable bonds is 7. The van der Waals surface area contributed by atoms with E-state index in [1.54, 1.807) is 42.6 Å². The van der Waals surface area contributed by atoms with Crippen LogP contribution in [0.2, 0.25) is 5.02 Å². The van der Waals surface area contributed by atoms with Crippen LogP contribution in [0.1, 0.15) is 21.6 Å². The maximum atomic E-state index is 12.9. The summed E-state index contributed by atoms with van der Waals surface area (Å²) in [5, 5.41) is 6.75. The van der Waals surface area contributed by atoms with Crippen molar-refractivity contribution in [1.82, 2.24) is 10.3 Å². The van der Waals surface area contributed by atoms with Gasteiger partial charge in [0.1, 0.15) is 11.5 Å². The third-order valence-corrected chi connectivity index (χ3v) is 4.27. The Hall–Kier alpha value is -2.92. The number of halogens is 2. The largest absolute Gasteiger partial charge is 0.385 e. The second-order valence-corrected chi connectivity index (χ2v) is 6.48. The Balaban J connectivity index is 1.52. The van der Waals surface area contributed by atoms with Gasteiger partial charge in [0.05, 0.1) is 0 Å². The van der Waals surface area contributed by atoms with E-state index in [9.17, 15) is 9.18 Å². The standard InChI is InChI=1S/C21H19ClFN3O/c22-17-5-1-16(2-6-17)14-26-21(27)20-13-19(10-12-25-20)24-11-9-15-3-7-18(23)8-4-15/h1-8,10,12-13H,9,11,14H2,(H,24,25)(H,26,27). The quantitative estimate of drug-likeness (QED) is 0.633. The van der Waals surface area contributed by atoms with Crippen LogP contribution in [-0.2, 0) is 13.0 Å². The molecule has 0 radical (unpaired) electrons. The molecule has 2 aromatic carbocycles. The summed E-state index contributed by atoms with van der Waals surface area (Å²) in [5.41, 5.74) is 3.15. The lowest BCUT2D eigenvalue weighted by Crippen LogP contribution is -2.23. The number of anilines is 1. The molecule has 0 spiro atoms. The minimum atomic E-state index is -0.243. The van der Waals surface area contributed by atoms with Gasteiger partial charge in [-0.25, -0.2) is 4.39 Å². The van der Waals surface area contributed by atoms with Crippen LogP contribution in [-0.4, -0.2) is 17.4 Å². The molecule has 1 amide bonds. The number of amides is 1. The van der Waals surface area contributed by atoms with Gasteiger partial charge in [-0.15, -0.1) is 0 Å². The number of aromatic nitrogens is 1. The Bertz CT molecular complexity index is 898. The van der Waals surface area contributed by atoms with Gasteiger partial charge >= 0.3 is 0 Å². The third kappa shape index (κ3) is 5.79. The molecule has 1 heterocycles. The van der Waals surface area contributed by atoms with Crippen molar-refractivity contribution in [3.8, 4) is 0 Å². The highest BCUT2D eigenvalue weighted by molar-refractivity contribution is 6.30. The molecule has 0 bridgehead atoms. The molecular weight excluding hydrogens is 365 g/mol. The van der Waals surface area contributed by atoms with Gasteiger partial charge in [-0.2, -0.15) is 0 Å². The lowest BCUT2D eigenvalue weighted by atomic mass is 10.1. The van der Waals surface area contributed by atoms with Crippen LogP contribution in [0.4, 0.5) is 10.1 Å². The fraction of sp³-hybridized carbons (Fsp3) is 0.143. The zero-order valence-electron chi connectivity index (χ0n) is 14.6. The van der Waals surface area contributed by atoms with Crippen LogP contribution in [0, 0.1) is 5.82 Å². The SMILES string of the molecule is O=C(NCc1ccc(Cl)cc1)c1cc(NCCc2ccc(F)cc2)ccn1. The topological polar surface area (TPSA) is 54.0 Å². The maximum absolute atomic E-state index is 12.9. The molecule has 1 aromatic heterocycles. The smallest absolute Gasteiger partial charge is 0.270 e. The van der Waals surface area contributed by atoms with E-state index in [1.807, 2.05) is 12.1 Å². The second kappa shape index (κ2) is 9.14. The molecular formula is C21H19ClFN3O. The first-order valence-electron chi connectivity index (χ1n) is 8.57. The Kier molecular flexibility index (Phi) is 6.39. The summed E-state index contributed by atoms with van der Waals surface area (Å²) in [7, 11) is 0. The van der Waals surface area contributed by atoms with Crippen LogP contribution in [0.25, 0.3) is 0 Å². The molecule has 2 N–H and O–H groups in total. The summed E-state index contributed by atoms with van der Waals surface area (Å²) >= 11 is 5.85. The molecule has 6 heteroatoms. The molecule has 0 saturated carbocycles. The fourth-order valence-corrected chi connectivity index (χ4v) is 2.67. The average molecular weight is 384 g/mol. The summed E-state index contributed by atoms with van der Waals surface area (Å²) in [6.07, 6.45) is 2.35. The molecule has 27 heavy (non-hydrogen) atoms. The zero-order valence-corrected chi connectivity index (χ0v) is 15.3. The molecule has 0 saturated heterocycles. The van der Waals surface area contributed by atoms with Crippen molar-refractivity contribution in [2.45, 2.75) is 13.0 Å². The number of carbonyl (C=O) groups excluding carboxylic acids is 1. The van der Waals surface area contributed by atoms with Gasteiger partial charge in [0.2, 0.25) is 0 Å². The van der Waals surface area contributed by atoms with Gasteiger partial charge in [0.25, 0.3) is 5.91 Å². The molecule has 138 valence electrons. The number of carbonyl (C=O) groups is 1. The predicted molar refractivity (Wildman–Crippen MR) is 105 cm³/mol. The Morgan fingerprint density at radius 3 is 2.44 bits per heavy atom. The van der Waals surface area contributed by atoms with E-state index in [0.717, 1.165) is 23.2 Å². The minimum absolute atomic E-state index is 0.241. The normalized spacial score (nSPS) is 10.4. The van der Waals surface area contributed by atoms with E-state index in [-0.39, 0.29) is 11.7 Å². The first-order chi connectivity index (χ1) is 13.1. The lowest BCUT2D eigenvalue weighted by molar-refractivity contribution is 0.0946. The number of nitrogens with zero attached hydrogens (tertiary/aromatic N) is 1. The molecule has 3 aromatic rings. The number of nitrogens with one attached hydrogen (secondary N) is 2. The minimum Gasteiger partial charge on any atom is -0.385 e. The van der Waals surface area contributed by atoms with Crippen molar-refractivity contribution in [2.24, 2.45) is 0 Å². The highest BCUT2D eigenvalue weighted by atomic mass is 35.5. The van der Waals surface area contributed by atoms with E-state index in [0.29, 0.717) is 23.8 Å². The first kappa shape index (κ1) is 18.9. The van der Waals surface area contributed by atoms with Crippen LogP contribution < -0.4 is 10.6 Å². The first-order valence-corrected chi connectivity index (χ1v) is 8.95. The van der Waals surface area contributed by atoms with E-state index >= 15 is 0 Å². The molecule has 0 fully saturated rings. The van der Waals surface area contributed by atoms with Crippen LogP contribution >= 0.6 is 11.6 Å². The van der Waals surface area contributed by atoms with Crippen molar-refractivity contribution in [2.75, 3.05) is 11.9 Å². The predicted octanol–water partition coefficient (Wildman–Crippen LogP) is 4.46. The summed E-state index contributed by atoms with van der Waals surface area (Å²) in [5.74, 6) is -0.484.